The second-order valence-corrected chi connectivity index (χ2v) is 19.2. The summed E-state index contributed by atoms with van der Waals surface area (Å²) in [6.45, 7) is 14.1. The van der Waals surface area contributed by atoms with Crippen molar-refractivity contribution in [3.63, 3.8) is 0 Å². The van der Waals surface area contributed by atoms with E-state index < -0.39 is 0 Å². The highest BCUT2D eigenvalue weighted by Crippen LogP contribution is 2.37. The number of rotatable bonds is 41. The molecule has 7 heteroatoms. The highest BCUT2D eigenvalue weighted by atomic mass is 16.5. The number of hydrogen-bond donors (Lipinski definition) is 0. The Morgan fingerprint density at radius 2 is 0.810 bits per heavy atom. The zero-order valence-corrected chi connectivity index (χ0v) is 39.6. The maximum Gasteiger partial charge on any atom is 0.306 e. The van der Waals surface area contributed by atoms with E-state index in [0.29, 0.717) is 19.6 Å². The van der Waals surface area contributed by atoms with Gasteiger partial charge in [-0.1, -0.05) is 142 Å². The topological polar surface area (TPSA) is 82.1 Å². The molecular formula is C51H95NO6. The van der Waals surface area contributed by atoms with Crippen LogP contribution in [0.3, 0.4) is 0 Å². The van der Waals surface area contributed by atoms with Gasteiger partial charge in [-0.2, -0.15) is 0 Å². The van der Waals surface area contributed by atoms with Crippen LogP contribution < -0.4 is 0 Å². The molecule has 0 amide bonds. The summed E-state index contributed by atoms with van der Waals surface area (Å²) in [6.07, 6.45) is 44.4. The predicted octanol–water partition coefficient (Wildman–Crippen LogP) is 14.5. The van der Waals surface area contributed by atoms with Gasteiger partial charge in [-0.15, -0.1) is 0 Å². The third-order valence-corrected chi connectivity index (χ3v) is 10.9. The first-order valence-electron chi connectivity index (χ1n) is 24.1. The molecule has 0 unspecified atom stereocenters. The molecule has 0 aliphatic rings. The third kappa shape index (κ3) is 42.0. The van der Waals surface area contributed by atoms with Gasteiger partial charge in [-0.05, 0) is 121 Å². The Morgan fingerprint density at radius 1 is 0.483 bits per heavy atom. The van der Waals surface area contributed by atoms with E-state index in [9.17, 15) is 14.4 Å². The van der Waals surface area contributed by atoms with Crippen LogP contribution in [0.2, 0.25) is 0 Å². The van der Waals surface area contributed by atoms with Crippen LogP contribution in [0, 0.1) is 10.8 Å². The summed E-state index contributed by atoms with van der Waals surface area (Å²) in [6, 6.07) is 0. The van der Waals surface area contributed by atoms with Gasteiger partial charge in [0.2, 0.25) is 0 Å². The van der Waals surface area contributed by atoms with Gasteiger partial charge in [0.1, 0.15) is 6.10 Å². The minimum absolute atomic E-state index is 0.00994. The van der Waals surface area contributed by atoms with Gasteiger partial charge in [-0.25, -0.2) is 0 Å². The lowest BCUT2D eigenvalue weighted by Crippen LogP contribution is -2.34. The molecule has 0 radical (unpaired) electrons. The molecule has 0 aliphatic heterocycles. The first-order valence-corrected chi connectivity index (χ1v) is 24.1. The molecule has 0 aliphatic carbocycles. The fourth-order valence-electron chi connectivity index (χ4n) is 8.53. The molecule has 0 spiro atoms. The van der Waals surface area contributed by atoms with Crippen molar-refractivity contribution in [2.75, 3.05) is 33.9 Å². The largest absolute Gasteiger partial charge is 0.466 e. The Kier molecular flexibility index (Phi) is 36.4. The molecule has 0 aromatic rings. The van der Waals surface area contributed by atoms with E-state index in [-0.39, 0.29) is 34.8 Å². The quantitative estimate of drug-likeness (QED) is 0.0263. The Hall–Kier alpha value is -2.15. The van der Waals surface area contributed by atoms with Crippen LogP contribution in [0.25, 0.3) is 0 Å². The molecule has 58 heavy (non-hydrogen) atoms. The summed E-state index contributed by atoms with van der Waals surface area (Å²) in [5.41, 5.74) is 0.0537. The second-order valence-electron chi connectivity index (χ2n) is 19.2. The van der Waals surface area contributed by atoms with Crippen molar-refractivity contribution in [1.82, 2.24) is 4.90 Å². The van der Waals surface area contributed by atoms with Gasteiger partial charge in [0.15, 0.2) is 0 Å². The maximum atomic E-state index is 13.3. The molecule has 340 valence electrons. The fourth-order valence-corrected chi connectivity index (χ4v) is 8.53. The molecule has 0 fully saturated rings. The molecule has 0 aromatic carbocycles. The molecule has 0 saturated carbocycles. The maximum absolute atomic E-state index is 13.3. The van der Waals surface area contributed by atoms with Crippen LogP contribution >= 0.6 is 0 Å². The summed E-state index contributed by atoms with van der Waals surface area (Å²) < 4.78 is 16.2. The monoisotopic (exact) mass is 818 g/mol. The van der Waals surface area contributed by atoms with Crippen molar-refractivity contribution < 1.29 is 28.6 Å². The summed E-state index contributed by atoms with van der Waals surface area (Å²) in [4.78, 5) is 37.2. The molecule has 0 rings (SSSR count). The average Bonchev–Trinajstić information content (AvgIpc) is 3.12. The number of hydrogen-bond acceptors (Lipinski definition) is 7. The molecule has 0 heterocycles. The molecule has 0 saturated heterocycles. The number of carbonyl (C=O) groups excluding carboxylic acids is 3. The first-order chi connectivity index (χ1) is 27.7. The van der Waals surface area contributed by atoms with Crippen LogP contribution in [0.1, 0.15) is 234 Å². The highest BCUT2D eigenvalue weighted by molar-refractivity contribution is 5.70. The smallest absolute Gasteiger partial charge is 0.306 e. The van der Waals surface area contributed by atoms with E-state index in [1.807, 2.05) is 0 Å². The number of carbonyl (C=O) groups is 3. The van der Waals surface area contributed by atoms with Crippen LogP contribution in [-0.2, 0) is 28.6 Å². The first kappa shape index (κ1) is 55.9. The number of esters is 3. The molecule has 0 atom stereocenters. The number of nitrogens with zero attached hydrogens (tertiary/aromatic N) is 1. The predicted molar refractivity (Wildman–Crippen MR) is 246 cm³/mol. The molecule has 0 aromatic heterocycles. The third-order valence-electron chi connectivity index (χ3n) is 10.9. The van der Waals surface area contributed by atoms with E-state index in [2.05, 4.69) is 71.0 Å². The minimum atomic E-state index is -0.177. The van der Waals surface area contributed by atoms with E-state index in [4.69, 9.17) is 14.2 Å². The van der Waals surface area contributed by atoms with Crippen molar-refractivity contribution in [1.29, 1.82) is 0 Å². The van der Waals surface area contributed by atoms with Crippen LogP contribution in [-0.4, -0.2) is 62.8 Å². The van der Waals surface area contributed by atoms with Crippen molar-refractivity contribution in [2.24, 2.45) is 10.8 Å². The van der Waals surface area contributed by atoms with E-state index in [1.54, 1.807) is 0 Å². The Morgan fingerprint density at radius 3 is 1.16 bits per heavy atom. The Bertz CT molecular complexity index is 992. The molecule has 0 N–H and O–H groups in total. The van der Waals surface area contributed by atoms with Crippen molar-refractivity contribution >= 4 is 17.9 Å². The summed E-state index contributed by atoms with van der Waals surface area (Å²) in [7, 11) is 4.25. The lowest BCUT2D eigenvalue weighted by atomic mass is 9.73. The lowest BCUT2D eigenvalue weighted by Gasteiger charge is -2.36. The summed E-state index contributed by atoms with van der Waals surface area (Å²) in [5.74, 6) is -0.364. The fraction of sp³-hybridized carbons (Fsp3) is 0.863. The lowest BCUT2D eigenvalue weighted by molar-refractivity contribution is -0.152. The zero-order valence-electron chi connectivity index (χ0n) is 39.6. The molecule has 7 nitrogen and oxygen atoms in total. The standard InChI is InChI=1S/C51H95NO6/c1-46(53)56-41-37-33-29-25-21-17-13-9-11-15-19-23-27-31-35-39-48(58-49(55)43-50(3,4)44-51(5,6)45-52(7)8)40-36-32-28-24-20-16-12-10-14-18-22-26-30-34-38-42-57-47(2)54/h9-10,13-14,48H,11-12,15-45H2,1-8H3/b13-9-,14-10-. The van der Waals surface area contributed by atoms with Crippen LogP contribution in [0.4, 0.5) is 0 Å². The van der Waals surface area contributed by atoms with Gasteiger partial charge in [-0.3, -0.25) is 14.4 Å². The Balaban J connectivity index is 4.35. The molecular weight excluding hydrogens is 723 g/mol. The average molecular weight is 818 g/mol. The van der Waals surface area contributed by atoms with Gasteiger partial charge >= 0.3 is 17.9 Å². The number of allylic oxidation sites excluding steroid dienone is 4. The van der Waals surface area contributed by atoms with Gasteiger partial charge in [0, 0.05) is 20.4 Å². The summed E-state index contributed by atoms with van der Waals surface area (Å²) >= 11 is 0. The van der Waals surface area contributed by atoms with E-state index in [0.717, 1.165) is 64.3 Å². The van der Waals surface area contributed by atoms with Gasteiger partial charge in [0.05, 0.1) is 19.6 Å². The number of ether oxygens (including phenoxy) is 3. The van der Waals surface area contributed by atoms with E-state index in [1.165, 1.54) is 142 Å². The van der Waals surface area contributed by atoms with E-state index >= 15 is 0 Å². The van der Waals surface area contributed by atoms with Gasteiger partial charge < -0.3 is 19.1 Å². The van der Waals surface area contributed by atoms with Crippen molar-refractivity contribution in [3.8, 4) is 0 Å². The minimum Gasteiger partial charge on any atom is -0.466 e. The van der Waals surface area contributed by atoms with Crippen molar-refractivity contribution in [3.05, 3.63) is 24.3 Å². The van der Waals surface area contributed by atoms with Gasteiger partial charge in [0.25, 0.3) is 0 Å². The Labute approximate surface area is 359 Å². The normalized spacial score (nSPS) is 12.4. The van der Waals surface area contributed by atoms with Crippen LogP contribution in [0.15, 0.2) is 24.3 Å². The SMILES string of the molecule is CC(=O)OCCCCCCC/C=C\CCCCCCCCC(CCCCCCCC/C=C\CCCCCCCOC(C)=O)OC(=O)CC(C)(C)CC(C)(C)CN(C)C. The zero-order chi connectivity index (χ0) is 43.2. The van der Waals surface area contributed by atoms with Crippen molar-refractivity contribution in [2.45, 2.75) is 240 Å². The molecule has 0 bridgehead atoms. The highest BCUT2D eigenvalue weighted by Gasteiger charge is 2.32. The second kappa shape index (κ2) is 37.8. The number of unbranched alkanes of at least 4 members (excludes halogenated alkanes) is 22. The van der Waals surface area contributed by atoms with Crippen LogP contribution in [0.5, 0.6) is 0 Å². The summed E-state index contributed by atoms with van der Waals surface area (Å²) in [5, 5.41) is 0.